The molecule has 6 heteroatoms. The predicted octanol–water partition coefficient (Wildman–Crippen LogP) is 4.63. The van der Waals surface area contributed by atoms with E-state index in [1.54, 1.807) is 36.4 Å². The lowest BCUT2D eigenvalue weighted by Gasteiger charge is -2.17. The second-order valence-corrected chi connectivity index (χ2v) is 6.20. The first-order valence-corrected chi connectivity index (χ1v) is 8.55. The van der Waals surface area contributed by atoms with E-state index in [0.717, 1.165) is 22.1 Å². The predicted molar refractivity (Wildman–Crippen MR) is 105 cm³/mol. The monoisotopic (exact) mass is 378 g/mol. The molecule has 0 radical (unpaired) electrons. The molecule has 0 spiro atoms. The molecule has 2 aliphatic rings. The van der Waals surface area contributed by atoms with Gasteiger partial charge in [-0.1, -0.05) is 18.2 Å². The summed E-state index contributed by atoms with van der Waals surface area (Å²) >= 11 is 5.62. The van der Waals surface area contributed by atoms with E-state index in [-0.39, 0.29) is 0 Å². The van der Waals surface area contributed by atoms with Crippen molar-refractivity contribution < 1.29 is 13.9 Å². The standard InChI is InChI=1S/C21H15ClN2O3/c1-26-21(25)15-5-3-2-4-14(15)20-16-8-6-12(23)10-18(16)27-19-11-13(24-22)7-9-17(19)20/h2-11H,23H2,1H3/b24-13-. The zero-order chi connectivity index (χ0) is 19.0. The highest BCUT2D eigenvalue weighted by molar-refractivity contribution is 6.14. The van der Waals surface area contributed by atoms with Gasteiger partial charge in [0.1, 0.15) is 11.3 Å². The molecule has 1 aliphatic heterocycles. The van der Waals surface area contributed by atoms with Crippen molar-refractivity contribution in [1.29, 1.82) is 0 Å². The van der Waals surface area contributed by atoms with E-state index in [2.05, 4.69) is 4.51 Å². The van der Waals surface area contributed by atoms with Gasteiger partial charge in [-0.2, -0.15) is 4.51 Å². The molecule has 0 amide bonds. The molecule has 1 aliphatic carbocycles. The zero-order valence-electron chi connectivity index (χ0n) is 14.4. The van der Waals surface area contributed by atoms with Crippen LogP contribution < -0.4 is 11.1 Å². The summed E-state index contributed by atoms with van der Waals surface area (Å²) in [6.45, 7) is 0. The van der Waals surface area contributed by atoms with Gasteiger partial charge in [0, 0.05) is 46.1 Å². The van der Waals surface area contributed by atoms with Crippen LogP contribution in [0.25, 0.3) is 33.4 Å². The van der Waals surface area contributed by atoms with Crippen LogP contribution in [0.4, 0.5) is 5.69 Å². The maximum absolute atomic E-state index is 12.3. The Balaban J connectivity index is 2.18. The van der Waals surface area contributed by atoms with Crippen LogP contribution in [0.3, 0.4) is 0 Å². The van der Waals surface area contributed by atoms with Gasteiger partial charge in [-0.25, -0.2) is 4.79 Å². The van der Waals surface area contributed by atoms with Crippen molar-refractivity contribution >= 4 is 34.4 Å². The van der Waals surface area contributed by atoms with Crippen molar-refractivity contribution in [1.82, 2.24) is 0 Å². The summed E-state index contributed by atoms with van der Waals surface area (Å²) in [7, 11) is 1.37. The lowest BCUT2D eigenvalue weighted by molar-refractivity contribution is 0.0601. The average Bonchev–Trinajstić information content (AvgIpc) is 2.70. The summed E-state index contributed by atoms with van der Waals surface area (Å²) in [6.07, 6.45) is 0. The molecule has 4 rings (SSSR count). The van der Waals surface area contributed by atoms with Gasteiger partial charge in [0.2, 0.25) is 0 Å². The maximum atomic E-state index is 12.3. The second kappa shape index (κ2) is 6.78. The van der Waals surface area contributed by atoms with E-state index in [1.807, 2.05) is 24.3 Å². The number of carbonyl (C=O) groups is 1. The number of methoxy groups -OCH3 is 1. The molecule has 0 unspecified atom stereocenters. The Labute approximate surface area is 160 Å². The minimum absolute atomic E-state index is 0.407. The van der Waals surface area contributed by atoms with Crippen molar-refractivity contribution in [2.24, 2.45) is 4.51 Å². The van der Waals surface area contributed by atoms with Crippen LogP contribution in [0.15, 0.2) is 69.6 Å². The Bertz CT molecular complexity index is 1210. The van der Waals surface area contributed by atoms with Gasteiger partial charge in [0.15, 0.2) is 0 Å². The number of halogens is 1. The highest BCUT2D eigenvalue weighted by atomic mass is 35.5. The SMILES string of the molecule is COC(=O)c1ccccc1-c1c2cc/c(=N/Cl)cc-2oc2cc(N)ccc12. The lowest BCUT2D eigenvalue weighted by Crippen LogP contribution is -2.05. The van der Waals surface area contributed by atoms with Crippen molar-refractivity contribution in [2.75, 3.05) is 12.8 Å². The first kappa shape index (κ1) is 17.1. The third kappa shape index (κ3) is 2.92. The summed E-state index contributed by atoms with van der Waals surface area (Å²) in [5.74, 6) is 0.181. The Kier molecular flexibility index (Phi) is 4.30. The van der Waals surface area contributed by atoms with Crippen LogP contribution in [0.5, 0.6) is 0 Å². The quantitative estimate of drug-likeness (QED) is 0.313. The van der Waals surface area contributed by atoms with Gasteiger partial charge >= 0.3 is 5.97 Å². The van der Waals surface area contributed by atoms with Crippen LogP contribution >= 0.6 is 11.8 Å². The summed E-state index contributed by atoms with van der Waals surface area (Å²) in [5.41, 5.74) is 10.0. The van der Waals surface area contributed by atoms with Gasteiger partial charge in [0.05, 0.1) is 18.0 Å². The third-order valence-corrected chi connectivity index (χ3v) is 4.62. The van der Waals surface area contributed by atoms with Gasteiger partial charge in [-0.15, -0.1) is 0 Å². The van der Waals surface area contributed by atoms with Crippen molar-refractivity contribution in [3.05, 3.63) is 71.6 Å². The Hall–Kier alpha value is -3.31. The van der Waals surface area contributed by atoms with Crippen LogP contribution in [0.2, 0.25) is 0 Å². The Morgan fingerprint density at radius 3 is 2.67 bits per heavy atom. The van der Waals surface area contributed by atoms with Crippen molar-refractivity contribution in [3.8, 4) is 22.5 Å². The van der Waals surface area contributed by atoms with E-state index in [9.17, 15) is 4.79 Å². The number of esters is 1. The Morgan fingerprint density at radius 1 is 1.07 bits per heavy atom. The topological polar surface area (TPSA) is 77.8 Å². The van der Waals surface area contributed by atoms with Gasteiger partial charge < -0.3 is 14.9 Å². The number of ether oxygens (including phenoxy) is 1. The molecule has 2 aromatic carbocycles. The summed E-state index contributed by atoms with van der Waals surface area (Å²) in [6, 6.07) is 18.2. The molecule has 1 heterocycles. The number of fused-ring (bicyclic) bond motifs is 2. The minimum atomic E-state index is -0.407. The number of hydrogen-bond donors (Lipinski definition) is 1. The van der Waals surface area contributed by atoms with Gasteiger partial charge in [-0.05, 0) is 35.9 Å². The van der Waals surface area contributed by atoms with E-state index < -0.39 is 5.97 Å². The second-order valence-electron chi connectivity index (χ2n) is 6.03. The number of benzene rings is 3. The molecule has 0 saturated carbocycles. The van der Waals surface area contributed by atoms with E-state index in [1.165, 1.54) is 7.11 Å². The number of nitrogen functional groups attached to an aromatic ring is 1. The third-order valence-electron chi connectivity index (χ3n) is 4.43. The zero-order valence-corrected chi connectivity index (χ0v) is 15.2. The van der Waals surface area contributed by atoms with Crippen LogP contribution in [-0.2, 0) is 4.74 Å². The largest absolute Gasteiger partial charge is 0.465 e. The number of anilines is 1. The molecule has 0 saturated heterocycles. The summed E-state index contributed by atoms with van der Waals surface area (Å²) in [5, 5.41) is 1.41. The first-order chi connectivity index (χ1) is 13.1. The van der Waals surface area contributed by atoms with E-state index in [0.29, 0.717) is 28.0 Å². The fourth-order valence-electron chi connectivity index (χ4n) is 3.23. The number of carbonyl (C=O) groups excluding carboxylic acids is 1. The highest BCUT2D eigenvalue weighted by Crippen LogP contribution is 2.41. The molecule has 27 heavy (non-hydrogen) atoms. The molecule has 0 atom stereocenters. The van der Waals surface area contributed by atoms with Gasteiger partial charge in [-0.3, -0.25) is 0 Å². The lowest BCUT2D eigenvalue weighted by atomic mass is 9.91. The molecular weight excluding hydrogens is 364 g/mol. The Morgan fingerprint density at radius 2 is 1.89 bits per heavy atom. The first-order valence-electron chi connectivity index (χ1n) is 8.21. The normalized spacial score (nSPS) is 11.9. The number of nitrogens with two attached hydrogens (primary N) is 1. The van der Waals surface area contributed by atoms with E-state index >= 15 is 0 Å². The molecular formula is C21H15ClN2O3. The summed E-state index contributed by atoms with van der Waals surface area (Å²) < 4.78 is 14.7. The molecule has 2 N–H and O–H groups in total. The summed E-state index contributed by atoms with van der Waals surface area (Å²) in [4.78, 5) is 12.3. The van der Waals surface area contributed by atoms with Crippen molar-refractivity contribution in [2.45, 2.75) is 0 Å². The highest BCUT2D eigenvalue weighted by Gasteiger charge is 2.21. The fraction of sp³-hybridized carbons (Fsp3) is 0.0476. The number of hydrogen-bond acceptors (Lipinski definition) is 5. The smallest absolute Gasteiger partial charge is 0.338 e. The number of rotatable bonds is 2. The molecule has 0 bridgehead atoms. The van der Waals surface area contributed by atoms with Crippen LogP contribution in [0, 0.1) is 0 Å². The molecule has 0 fully saturated rings. The van der Waals surface area contributed by atoms with Crippen LogP contribution in [0.1, 0.15) is 10.4 Å². The number of nitrogens with zero attached hydrogens (tertiary/aromatic N) is 1. The molecule has 2 aromatic rings. The maximum Gasteiger partial charge on any atom is 0.338 e. The van der Waals surface area contributed by atoms with E-state index in [4.69, 9.17) is 26.7 Å². The average molecular weight is 379 g/mol. The molecule has 134 valence electrons. The van der Waals surface area contributed by atoms with Crippen molar-refractivity contribution in [3.63, 3.8) is 0 Å². The fourth-order valence-corrected chi connectivity index (χ4v) is 3.33. The molecule has 0 aromatic heterocycles. The van der Waals surface area contributed by atoms with Gasteiger partial charge in [0.25, 0.3) is 0 Å². The molecule has 5 nitrogen and oxygen atoms in total. The van der Waals surface area contributed by atoms with Crippen LogP contribution in [-0.4, -0.2) is 13.1 Å². The minimum Gasteiger partial charge on any atom is -0.465 e.